The Morgan fingerprint density at radius 2 is 1.79 bits per heavy atom. The van der Waals surface area contributed by atoms with Crippen molar-refractivity contribution in [3.63, 3.8) is 0 Å². The van der Waals surface area contributed by atoms with Gasteiger partial charge in [-0.2, -0.15) is 0 Å². The predicted molar refractivity (Wildman–Crippen MR) is 128 cm³/mol. The molecule has 166 valence electrons. The molecule has 1 heterocycles. The molecule has 7 nitrogen and oxygen atoms in total. The van der Waals surface area contributed by atoms with Crippen LogP contribution in [0.4, 0.5) is 11.4 Å². The summed E-state index contributed by atoms with van der Waals surface area (Å²) in [5.74, 6) is 0.109. The van der Waals surface area contributed by atoms with E-state index in [0.29, 0.717) is 27.9 Å². The largest absolute Gasteiger partial charge is 0.488 e. The number of hydrogen-bond acceptors (Lipinski definition) is 5. The van der Waals surface area contributed by atoms with E-state index < -0.39 is 10.8 Å². The van der Waals surface area contributed by atoms with Crippen LogP contribution in [-0.2, 0) is 6.61 Å². The lowest BCUT2D eigenvalue weighted by Gasteiger charge is -2.15. The van der Waals surface area contributed by atoms with Gasteiger partial charge in [0.2, 0.25) is 0 Å². The highest BCUT2D eigenvalue weighted by atomic mass is 35.5. The topological polar surface area (TPSA) is 94.4 Å². The first-order chi connectivity index (χ1) is 15.8. The molecule has 1 N–H and O–H groups in total. The van der Waals surface area contributed by atoms with Gasteiger partial charge in [0.1, 0.15) is 12.4 Å². The van der Waals surface area contributed by atoms with Crippen LogP contribution in [0.2, 0.25) is 10.0 Å². The number of nitrogens with zero attached hydrogens (tertiary/aromatic N) is 2. The number of carbonyl (C=O) groups excluding carboxylic acids is 1. The maximum absolute atomic E-state index is 12.9. The van der Waals surface area contributed by atoms with Crippen LogP contribution >= 0.6 is 23.2 Å². The number of rotatable bonds is 6. The Kier molecular flexibility index (Phi) is 6.44. The van der Waals surface area contributed by atoms with Crippen molar-refractivity contribution in [2.45, 2.75) is 13.5 Å². The maximum Gasteiger partial charge on any atom is 0.269 e. The van der Waals surface area contributed by atoms with Crippen molar-refractivity contribution in [3.05, 3.63) is 104 Å². The molecular formula is C24H17Cl2N3O4. The molecule has 1 amide bonds. The number of carbonyl (C=O) groups is 1. The zero-order chi connectivity index (χ0) is 23.5. The first-order valence-electron chi connectivity index (χ1n) is 9.85. The quantitative estimate of drug-likeness (QED) is 0.247. The Morgan fingerprint density at radius 3 is 2.52 bits per heavy atom. The lowest BCUT2D eigenvalue weighted by Crippen LogP contribution is -2.13. The number of halogens is 2. The molecule has 0 spiro atoms. The summed E-state index contributed by atoms with van der Waals surface area (Å²) < 4.78 is 6.04. The molecule has 0 aliphatic carbocycles. The Bertz CT molecular complexity index is 1370. The lowest BCUT2D eigenvalue weighted by molar-refractivity contribution is -0.384. The SMILES string of the molecule is Cc1cnc2c(NC(=O)c3c(Cl)cccc3Cl)cccc2c1OCc1cccc([N+](=O)[O-])c1. The van der Waals surface area contributed by atoms with E-state index >= 15 is 0 Å². The Balaban J connectivity index is 1.65. The molecule has 4 rings (SSSR count). The number of non-ortho nitro benzene ring substituents is 1. The molecular weight excluding hydrogens is 465 g/mol. The van der Waals surface area contributed by atoms with Crippen molar-refractivity contribution >= 4 is 51.4 Å². The molecule has 3 aromatic carbocycles. The van der Waals surface area contributed by atoms with E-state index in [4.69, 9.17) is 27.9 Å². The predicted octanol–water partition coefficient (Wildman–Crippen LogP) is 6.59. The summed E-state index contributed by atoms with van der Waals surface area (Å²) in [5.41, 5.74) is 2.60. The number of nitro benzene ring substituents is 1. The number of aryl methyl sites for hydroxylation is 1. The van der Waals surface area contributed by atoms with Gasteiger partial charge >= 0.3 is 0 Å². The van der Waals surface area contributed by atoms with Crippen molar-refractivity contribution in [2.75, 3.05) is 5.32 Å². The van der Waals surface area contributed by atoms with Crippen LogP contribution in [0.5, 0.6) is 5.75 Å². The number of fused-ring (bicyclic) bond motifs is 1. The summed E-state index contributed by atoms with van der Waals surface area (Å²) in [7, 11) is 0. The van der Waals surface area contributed by atoms with E-state index in [0.717, 1.165) is 5.56 Å². The number of hydrogen-bond donors (Lipinski definition) is 1. The lowest BCUT2D eigenvalue weighted by atomic mass is 10.1. The van der Waals surface area contributed by atoms with Crippen molar-refractivity contribution in [1.29, 1.82) is 0 Å². The highest BCUT2D eigenvalue weighted by Gasteiger charge is 2.17. The Hall–Kier alpha value is -3.68. The second-order valence-corrected chi connectivity index (χ2v) is 8.05. The third-order valence-electron chi connectivity index (χ3n) is 4.97. The smallest absolute Gasteiger partial charge is 0.269 e. The molecule has 9 heteroatoms. The average molecular weight is 482 g/mol. The second kappa shape index (κ2) is 9.44. The summed E-state index contributed by atoms with van der Waals surface area (Å²) in [4.78, 5) is 27.9. The number of para-hydroxylation sites is 1. The molecule has 0 aliphatic heterocycles. The van der Waals surface area contributed by atoms with E-state index in [-0.39, 0.29) is 27.9 Å². The molecule has 0 saturated carbocycles. The van der Waals surface area contributed by atoms with Gasteiger partial charge in [0, 0.05) is 29.3 Å². The molecule has 0 atom stereocenters. The van der Waals surface area contributed by atoms with Gasteiger partial charge in [-0.25, -0.2) is 0 Å². The van der Waals surface area contributed by atoms with E-state index in [9.17, 15) is 14.9 Å². The minimum atomic E-state index is -0.459. The van der Waals surface area contributed by atoms with Crippen molar-refractivity contribution in [3.8, 4) is 5.75 Å². The van der Waals surface area contributed by atoms with Gasteiger partial charge in [-0.15, -0.1) is 0 Å². The molecule has 0 saturated heterocycles. The number of anilines is 1. The van der Waals surface area contributed by atoms with Crippen LogP contribution in [0.3, 0.4) is 0 Å². The van der Waals surface area contributed by atoms with Gasteiger partial charge in [0.15, 0.2) is 0 Å². The van der Waals surface area contributed by atoms with E-state index in [1.54, 1.807) is 48.7 Å². The maximum atomic E-state index is 12.9. The van der Waals surface area contributed by atoms with Gasteiger partial charge in [-0.1, -0.05) is 47.5 Å². The average Bonchev–Trinajstić information content (AvgIpc) is 2.78. The molecule has 0 radical (unpaired) electrons. The number of amides is 1. The summed E-state index contributed by atoms with van der Waals surface area (Å²) in [5, 5.41) is 15.0. The Morgan fingerprint density at radius 1 is 1.09 bits per heavy atom. The number of ether oxygens (including phenoxy) is 1. The number of nitro groups is 1. The minimum Gasteiger partial charge on any atom is -0.488 e. The zero-order valence-corrected chi connectivity index (χ0v) is 18.9. The number of benzene rings is 3. The van der Waals surface area contributed by atoms with Gasteiger partial charge in [-0.3, -0.25) is 19.9 Å². The summed E-state index contributed by atoms with van der Waals surface area (Å²) in [6.07, 6.45) is 1.64. The fourth-order valence-corrected chi connectivity index (χ4v) is 3.97. The Labute approximate surface area is 199 Å². The summed E-state index contributed by atoms with van der Waals surface area (Å²) >= 11 is 12.3. The number of aromatic nitrogens is 1. The van der Waals surface area contributed by atoms with E-state index in [1.165, 1.54) is 12.1 Å². The van der Waals surface area contributed by atoms with E-state index in [1.807, 2.05) is 13.0 Å². The van der Waals surface area contributed by atoms with Gasteiger partial charge in [0.25, 0.3) is 11.6 Å². The van der Waals surface area contributed by atoms with Crippen molar-refractivity contribution < 1.29 is 14.5 Å². The van der Waals surface area contributed by atoms with Crippen molar-refractivity contribution in [1.82, 2.24) is 4.98 Å². The monoisotopic (exact) mass is 481 g/mol. The molecule has 33 heavy (non-hydrogen) atoms. The summed E-state index contributed by atoms with van der Waals surface area (Å²) in [6, 6.07) is 16.4. The first kappa shape index (κ1) is 22.5. The molecule has 0 bridgehead atoms. The molecule has 0 fully saturated rings. The minimum absolute atomic E-state index is 0.00404. The standard InChI is InChI=1S/C24H17Cl2N3O4/c1-14-12-27-22-17(23(14)33-13-15-5-2-6-16(11-15)29(31)32)7-3-10-20(22)28-24(30)21-18(25)8-4-9-19(21)26/h2-12H,13H2,1H3,(H,28,30). The molecule has 1 aromatic heterocycles. The number of nitrogens with one attached hydrogen (secondary N) is 1. The summed E-state index contributed by atoms with van der Waals surface area (Å²) in [6.45, 7) is 1.98. The highest BCUT2D eigenvalue weighted by Crippen LogP contribution is 2.33. The van der Waals surface area contributed by atoms with Crippen LogP contribution in [0.1, 0.15) is 21.5 Å². The first-order valence-corrected chi connectivity index (χ1v) is 10.6. The molecule has 4 aromatic rings. The van der Waals surface area contributed by atoms with Crippen LogP contribution < -0.4 is 10.1 Å². The molecule has 0 aliphatic rings. The third kappa shape index (κ3) is 4.74. The van der Waals surface area contributed by atoms with Crippen LogP contribution in [0.25, 0.3) is 10.9 Å². The van der Waals surface area contributed by atoms with Crippen LogP contribution in [-0.4, -0.2) is 15.8 Å². The molecule has 0 unspecified atom stereocenters. The fraction of sp³-hybridized carbons (Fsp3) is 0.0833. The van der Waals surface area contributed by atoms with Gasteiger partial charge in [0.05, 0.1) is 31.7 Å². The van der Waals surface area contributed by atoms with Crippen LogP contribution in [0, 0.1) is 17.0 Å². The fourth-order valence-electron chi connectivity index (χ4n) is 3.41. The number of pyridine rings is 1. The van der Waals surface area contributed by atoms with Crippen molar-refractivity contribution in [2.24, 2.45) is 0 Å². The second-order valence-electron chi connectivity index (χ2n) is 7.24. The van der Waals surface area contributed by atoms with Gasteiger partial charge in [-0.05, 0) is 36.8 Å². The van der Waals surface area contributed by atoms with Crippen LogP contribution in [0.15, 0.2) is 66.9 Å². The highest BCUT2D eigenvalue weighted by molar-refractivity contribution is 6.40. The normalized spacial score (nSPS) is 10.8. The van der Waals surface area contributed by atoms with E-state index in [2.05, 4.69) is 10.3 Å². The third-order valence-corrected chi connectivity index (χ3v) is 5.60. The van der Waals surface area contributed by atoms with Gasteiger partial charge < -0.3 is 10.1 Å². The zero-order valence-electron chi connectivity index (χ0n) is 17.3.